The van der Waals surface area contributed by atoms with Gasteiger partial charge >= 0.3 is 0 Å². The van der Waals surface area contributed by atoms with Crippen molar-refractivity contribution in [1.82, 2.24) is 9.55 Å². The first-order chi connectivity index (χ1) is 5.90. The smallest absolute Gasteiger partial charge is 0.0950 e. The van der Waals surface area contributed by atoms with Gasteiger partial charge in [0.1, 0.15) is 0 Å². The molecule has 74 valence electrons. The highest BCUT2D eigenvalue weighted by Crippen LogP contribution is 2.21. The molecular weight excluding hydrogens is 160 g/mol. The van der Waals surface area contributed by atoms with Crippen molar-refractivity contribution in [1.29, 1.82) is 0 Å². The van der Waals surface area contributed by atoms with Gasteiger partial charge in [-0.3, -0.25) is 0 Å². The van der Waals surface area contributed by atoms with Crippen LogP contribution in [-0.2, 0) is 6.42 Å². The van der Waals surface area contributed by atoms with Gasteiger partial charge in [-0.2, -0.15) is 0 Å². The van der Waals surface area contributed by atoms with Crippen LogP contribution in [0, 0.1) is 5.41 Å². The van der Waals surface area contributed by atoms with E-state index in [4.69, 9.17) is 0 Å². The second kappa shape index (κ2) is 3.52. The van der Waals surface area contributed by atoms with E-state index in [1.807, 2.05) is 12.5 Å². The minimum Gasteiger partial charge on any atom is -0.332 e. The molecule has 0 saturated carbocycles. The number of hydrogen-bond acceptors (Lipinski definition) is 1. The summed E-state index contributed by atoms with van der Waals surface area (Å²) in [7, 11) is 0. The molecule has 1 aromatic rings. The van der Waals surface area contributed by atoms with Gasteiger partial charge in [-0.1, -0.05) is 20.8 Å². The molecule has 2 nitrogen and oxygen atoms in total. The Morgan fingerprint density at radius 2 is 2.00 bits per heavy atom. The predicted octanol–water partition coefficient (Wildman–Crippen LogP) is 3.05. The molecule has 0 saturated heterocycles. The lowest BCUT2D eigenvalue weighted by molar-refractivity contribution is 0.392. The lowest BCUT2D eigenvalue weighted by atomic mass is 9.90. The summed E-state index contributed by atoms with van der Waals surface area (Å²) in [5, 5.41) is 0. The largest absolute Gasteiger partial charge is 0.332 e. The van der Waals surface area contributed by atoms with Crippen molar-refractivity contribution in [2.24, 2.45) is 5.41 Å². The first-order valence-corrected chi connectivity index (χ1v) is 4.91. The molecule has 0 amide bonds. The third-order valence-corrected chi connectivity index (χ3v) is 2.01. The summed E-state index contributed by atoms with van der Waals surface area (Å²) in [6, 6.07) is 0.514. The normalized spacial score (nSPS) is 12.5. The summed E-state index contributed by atoms with van der Waals surface area (Å²) in [4.78, 5) is 4.19. The van der Waals surface area contributed by atoms with E-state index < -0.39 is 0 Å². The fourth-order valence-electron chi connectivity index (χ4n) is 1.48. The molecule has 0 radical (unpaired) electrons. The van der Waals surface area contributed by atoms with E-state index in [9.17, 15) is 0 Å². The maximum absolute atomic E-state index is 4.19. The van der Waals surface area contributed by atoms with Crippen molar-refractivity contribution < 1.29 is 0 Å². The molecule has 1 rings (SSSR count). The van der Waals surface area contributed by atoms with Crippen LogP contribution in [0.1, 0.15) is 46.4 Å². The molecule has 13 heavy (non-hydrogen) atoms. The van der Waals surface area contributed by atoms with Crippen LogP contribution in [0.2, 0.25) is 0 Å². The summed E-state index contributed by atoms with van der Waals surface area (Å²) >= 11 is 0. The van der Waals surface area contributed by atoms with E-state index in [-0.39, 0.29) is 0 Å². The molecular formula is C11H20N2. The lowest BCUT2D eigenvalue weighted by Crippen LogP contribution is -2.14. The van der Waals surface area contributed by atoms with Gasteiger partial charge in [0.15, 0.2) is 0 Å². The van der Waals surface area contributed by atoms with E-state index in [1.54, 1.807) is 0 Å². The van der Waals surface area contributed by atoms with Crippen molar-refractivity contribution in [2.75, 3.05) is 0 Å². The highest BCUT2D eigenvalue weighted by atomic mass is 15.1. The first kappa shape index (κ1) is 10.3. The van der Waals surface area contributed by atoms with Crippen LogP contribution in [0.4, 0.5) is 0 Å². The molecule has 1 aromatic heterocycles. The summed E-state index contributed by atoms with van der Waals surface area (Å²) < 4.78 is 2.24. The third kappa shape index (κ3) is 2.87. The van der Waals surface area contributed by atoms with Gasteiger partial charge < -0.3 is 4.57 Å². The van der Waals surface area contributed by atoms with Gasteiger partial charge in [-0.15, -0.1) is 0 Å². The fraction of sp³-hybridized carbons (Fsp3) is 0.727. The Morgan fingerprint density at radius 1 is 1.38 bits per heavy atom. The number of rotatable bonds is 2. The molecule has 0 bridgehead atoms. The summed E-state index contributed by atoms with van der Waals surface area (Å²) in [5.74, 6) is 0. The van der Waals surface area contributed by atoms with Crippen LogP contribution >= 0.6 is 0 Å². The number of imidazole rings is 1. The van der Waals surface area contributed by atoms with Crippen molar-refractivity contribution in [3.63, 3.8) is 0 Å². The van der Waals surface area contributed by atoms with Gasteiger partial charge in [0.25, 0.3) is 0 Å². The molecule has 0 aromatic carbocycles. The standard InChI is InChI=1S/C11H20N2/c1-9(2)13-8-12-7-10(13)6-11(3,4)5/h7-9H,6H2,1-5H3. The van der Waals surface area contributed by atoms with Crippen LogP contribution in [-0.4, -0.2) is 9.55 Å². The third-order valence-electron chi connectivity index (χ3n) is 2.01. The average Bonchev–Trinajstić information content (AvgIpc) is 2.31. The molecule has 0 aliphatic carbocycles. The van der Waals surface area contributed by atoms with Crippen molar-refractivity contribution in [2.45, 2.75) is 47.1 Å². The zero-order valence-electron chi connectivity index (χ0n) is 9.33. The summed E-state index contributed by atoms with van der Waals surface area (Å²) in [6.45, 7) is 11.1. The minimum absolute atomic E-state index is 0.340. The predicted molar refractivity (Wildman–Crippen MR) is 55.8 cm³/mol. The second-order valence-corrected chi connectivity index (χ2v) is 5.12. The van der Waals surface area contributed by atoms with E-state index in [1.165, 1.54) is 5.69 Å². The fourth-order valence-corrected chi connectivity index (χ4v) is 1.48. The molecule has 0 atom stereocenters. The zero-order valence-corrected chi connectivity index (χ0v) is 9.33. The Balaban J connectivity index is 2.83. The van der Waals surface area contributed by atoms with E-state index in [2.05, 4.69) is 44.2 Å². The molecule has 0 aliphatic rings. The second-order valence-electron chi connectivity index (χ2n) is 5.12. The highest BCUT2D eigenvalue weighted by molar-refractivity contribution is 5.02. The van der Waals surface area contributed by atoms with Gasteiger partial charge in [-0.25, -0.2) is 4.98 Å². The maximum Gasteiger partial charge on any atom is 0.0950 e. The van der Waals surface area contributed by atoms with Crippen molar-refractivity contribution >= 4 is 0 Å². The topological polar surface area (TPSA) is 17.8 Å². The molecule has 0 unspecified atom stereocenters. The quantitative estimate of drug-likeness (QED) is 0.684. The van der Waals surface area contributed by atoms with Gasteiger partial charge in [-0.05, 0) is 25.7 Å². The minimum atomic E-state index is 0.340. The molecule has 1 heterocycles. The first-order valence-electron chi connectivity index (χ1n) is 4.91. The van der Waals surface area contributed by atoms with Crippen molar-refractivity contribution in [3.05, 3.63) is 18.2 Å². The van der Waals surface area contributed by atoms with Crippen LogP contribution in [0.15, 0.2) is 12.5 Å². The molecule has 0 aliphatic heterocycles. The van der Waals surface area contributed by atoms with Gasteiger partial charge in [0.2, 0.25) is 0 Å². The van der Waals surface area contributed by atoms with E-state index in [0.717, 1.165) is 6.42 Å². The van der Waals surface area contributed by atoms with Crippen LogP contribution in [0.25, 0.3) is 0 Å². The summed E-state index contributed by atoms with van der Waals surface area (Å²) in [6.07, 6.45) is 4.99. The Morgan fingerprint density at radius 3 is 2.46 bits per heavy atom. The number of aromatic nitrogens is 2. The monoisotopic (exact) mass is 180 g/mol. The van der Waals surface area contributed by atoms with Crippen LogP contribution in [0.3, 0.4) is 0 Å². The summed E-state index contributed by atoms with van der Waals surface area (Å²) in [5.41, 5.74) is 1.68. The van der Waals surface area contributed by atoms with Crippen molar-refractivity contribution in [3.8, 4) is 0 Å². The molecule has 0 N–H and O–H groups in total. The molecule has 2 heteroatoms. The zero-order chi connectivity index (χ0) is 10.1. The Hall–Kier alpha value is -0.790. The SMILES string of the molecule is CC(C)n1cncc1CC(C)(C)C. The number of nitrogens with zero attached hydrogens (tertiary/aromatic N) is 2. The Kier molecular flexibility index (Phi) is 2.79. The maximum atomic E-state index is 4.19. The molecule has 0 fully saturated rings. The van der Waals surface area contributed by atoms with Gasteiger partial charge in [0, 0.05) is 17.9 Å². The van der Waals surface area contributed by atoms with Gasteiger partial charge in [0.05, 0.1) is 6.33 Å². The Bertz CT molecular complexity index is 266. The van der Waals surface area contributed by atoms with Crippen LogP contribution in [0.5, 0.6) is 0 Å². The highest BCUT2D eigenvalue weighted by Gasteiger charge is 2.15. The lowest BCUT2D eigenvalue weighted by Gasteiger charge is -2.20. The number of hydrogen-bond donors (Lipinski definition) is 0. The average molecular weight is 180 g/mol. The van der Waals surface area contributed by atoms with E-state index >= 15 is 0 Å². The van der Waals surface area contributed by atoms with E-state index in [0.29, 0.717) is 11.5 Å². The van der Waals surface area contributed by atoms with Crippen LogP contribution < -0.4 is 0 Å². The molecule has 0 spiro atoms. The Labute approximate surface area is 81.0 Å².